The summed E-state index contributed by atoms with van der Waals surface area (Å²) in [6.45, 7) is 12.0. The molecule has 90 valence electrons. The van der Waals surface area contributed by atoms with Crippen molar-refractivity contribution in [3.63, 3.8) is 0 Å². The zero-order chi connectivity index (χ0) is 12.0. The molecule has 0 aromatic carbocycles. The number of rotatable bonds is 7. The van der Waals surface area contributed by atoms with Gasteiger partial charge in [-0.25, -0.2) is 4.98 Å². The van der Waals surface area contributed by atoms with Gasteiger partial charge in [0.25, 0.3) is 0 Å². The molecule has 0 atom stereocenters. The summed E-state index contributed by atoms with van der Waals surface area (Å²) < 4.78 is 7.49. The van der Waals surface area contributed by atoms with E-state index in [-0.39, 0.29) is 6.10 Å². The Kier molecular flexibility index (Phi) is 5.05. The van der Waals surface area contributed by atoms with Crippen molar-refractivity contribution >= 4 is 5.95 Å². The van der Waals surface area contributed by atoms with E-state index >= 15 is 0 Å². The van der Waals surface area contributed by atoms with Gasteiger partial charge in [0.15, 0.2) is 0 Å². The fourth-order valence-electron chi connectivity index (χ4n) is 1.42. The van der Waals surface area contributed by atoms with Crippen LogP contribution in [0.4, 0.5) is 5.95 Å². The van der Waals surface area contributed by atoms with Crippen LogP contribution < -0.4 is 5.32 Å². The van der Waals surface area contributed by atoms with Gasteiger partial charge in [0.05, 0.1) is 18.4 Å². The summed E-state index contributed by atoms with van der Waals surface area (Å²) in [6, 6.07) is 0. The normalized spacial score (nSPS) is 10.8. The van der Waals surface area contributed by atoms with Gasteiger partial charge in [-0.2, -0.15) is 0 Å². The van der Waals surface area contributed by atoms with Crippen LogP contribution in [0.2, 0.25) is 0 Å². The summed E-state index contributed by atoms with van der Waals surface area (Å²) in [5, 5.41) is 3.25. The van der Waals surface area contributed by atoms with Gasteiger partial charge in [-0.05, 0) is 20.8 Å². The van der Waals surface area contributed by atoms with Gasteiger partial charge in [-0.3, -0.25) is 0 Å². The van der Waals surface area contributed by atoms with Gasteiger partial charge in [0, 0.05) is 19.3 Å². The van der Waals surface area contributed by atoms with E-state index in [9.17, 15) is 0 Å². The van der Waals surface area contributed by atoms with E-state index < -0.39 is 0 Å². The summed E-state index contributed by atoms with van der Waals surface area (Å²) >= 11 is 0. The molecule has 0 amide bonds. The van der Waals surface area contributed by atoms with Crippen molar-refractivity contribution in [3.05, 3.63) is 24.5 Å². The maximum Gasteiger partial charge on any atom is 0.203 e. The predicted molar refractivity (Wildman–Crippen MR) is 66.7 cm³/mol. The lowest BCUT2D eigenvalue weighted by Gasteiger charge is -2.10. The lowest BCUT2D eigenvalue weighted by Crippen LogP contribution is -2.15. The molecule has 0 saturated heterocycles. The van der Waals surface area contributed by atoms with Crippen LogP contribution >= 0.6 is 0 Å². The minimum Gasteiger partial charge on any atom is -0.377 e. The molecule has 0 aliphatic heterocycles. The fraction of sp³-hybridized carbons (Fsp3) is 0.583. The quantitative estimate of drug-likeness (QED) is 0.569. The molecule has 0 unspecified atom stereocenters. The largest absolute Gasteiger partial charge is 0.377 e. The van der Waals surface area contributed by atoms with Crippen molar-refractivity contribution in [2.75, 3.05) is 18.5 Å². The van der Waals surface area contributed by atoms with Gasteiger partial charge < -0.3 is 14.6 Å². The SMILES string of the molecule is C=CCn1cc(C)nc1NCCOC(C)C. The molecule has 0 radical (unpaired) electrons. The van der Waals surface area contributed by atoms with E-state index in [0.717, 1.165) is 24.7 Å². The topological polar surface area (TPSA) is 39.1 Å². The summed E-state index contributed by atoms with van der Waals surface area (Å²) in [5.74, 6) is 0.879. The van der Waals surface area contributed by atoms with Crippen LogP contribution in [0.1, 0.15) is 19.5 Å². The predicted octanol–water partition coefficient (Wildman–Crippen LogP) is 2.21. The standard InChI is InChI=1S/C12H21N3O/c1-5-7-15-9-11(4)14-12(15)13-6-8-16-10(2)3/h5,9-10H,1,6-8H2,2-4H3,(H,13,14). The third-order valence-electron chi connectivity index (χ3n) is 2.06. The molecule has 4 nitrogen and oxygen atoms in total. The molecule has 0 aliphatic carbocycles. The lowest BCUT2D eigenvalue weighted by atomic mass is 10.5. The molecule has 16 heavy (non-hydrogen) atoms. The highest BCUT2D eigenvalue weighted by Gasteiger charge is 2.03. The average Bonchev–Trinajstić information content (AvgIpc) is 2.54. The Balaban J connectivity index is 2.43. The number of imidazole rings is 1. The van der Waals surface area contributed by atoms with Gasteiger partial charge in [-0.15, -0.1) is 6.58 Å². The highest BCUT2D eigenvalue weighted by atomic mass is 16.5. The Hall–Kier alpha value is -1.29. The van der Waals surface area contributed by atoms with Crippen molar-refractivity contribution in [1.82, 2.24) is 9.55 Å². The van der Waals surface area contributed by atoms with Crippen LogP contribution in [0.15, 0.2) is 18.9 Å². The molecule has 0 saturated carbocycles. The molecule has 0 fully saturated rings. The van der Waals surface area contributed by atoms with E-state index in [1.54, 1.807) is 0 Å². The Morgan fingerprint density at radius 2 is 2.38 bits per heavy atom. The van der Waals surface area contributed by atoms with E-state index in [1.165, 1.54) is 0 Å². The van der Waals surface area contributed by atoms with E-state index in [2.05, 4.69) is 16.9 Å². The van der Waals surface area contributed by atoms with Crippen LogP contribution in [0, 0.1) is 6.92 Å². The van der Waals surface area contributed by atoms with Crippen molar-refractivity contribution in [1.29, 1.82) is 0 Å². The Labute approximate surface area is 97.3 Å². The molecule has 4 heteroatoms. The number of aryl methyl sites for hydroxylation is 1. The van der Waals surface area contributed by atoms with E-state index in [0.29, 0.717) is 6.61 Å². The van der Waals surface area contributed by atoms with Gasteiger partial charge in [0.2, 0.25) is 5.95 Å². The van der Waals surface area contributed by atoms with Crippen LogP contribution in [0.25, 0.3) is 0 Å². The van der Waals surface area contributed by atoms with Crippen LogP contribution in [0.3, 0.4) is 0 Å². The summed E-state index contributed by atoms with van der Waals surface area (Å²) in [4.78, 5) is 4.39. The summed E-state index contributed by atoms with van der Waals surface area (Å²) in [5.41, 5.74) is 1.01. The minimum absolute atomic E-state index is 0.274. The number of allylic oxidation sites excluding steroid dienone is 1. The number of nitrogens with one attached hydrogen (secondary N) is 1. The molecule has 1 heterocycles. The Bertz CT molecular complexity index is 331. The van der Waals surface area contributed by atoms with Crippen molar-refractivity contribution in [2.45, 2.75) is 33.4 Å². The van der Waals surface area contributed by atoms with E-state index in [1.807, 2.05) is 37.6 Å². The number of anilines is 1. The smallest absolute Gasteiger partial charge is 0.203 e. The third-order valence-corrected chi connectivity index (χ3v) is 2.06. The van der Waals surface area contributed by atoms with Gasteiger partial charge in [-0.1, -0.05) is 6.08 Å². The Morgan fingerprint density at radius 1 is 1.62 bits per heavy atom. The van der Waals surface area contributed by atoms with Crippen LogP contribution in [0.5, 0.6) is 0 Å². The maximum atomic E-state index is 5.45. The van der Waals surface area contributed by atoms with Gasteiger partial charge in [0.1, 0.15) is 0 Å². The molecule has 1 aromatic rings. The minimum atomic E-state index is 0.274. The highest BCUT2D eigenvalue weighted by Crippen LogP contribution is 2.07. The fourth-order valence-corrected chi connectivity index (χ4v) is 1.42. The zero-order valence-corrected chi connectivity index (χ0v) is 10.4. The molecule has 0 bridgehead atoms. The molecule has 1 rings (SSSR count). The first-order valence-corrected chi connectivity index (χ1v) is 5.63. The molecular weight excluding hydrogens is 202 g/mol. The van der Waals surface area contributed by atoms with Crippen LogP contribution in [-0.2, 0) is 11.3 Å². The highest BCUT2D eigenvalue weighted by molar-refractivity contribution is 5.28. The lowest BCUT2D eigenvalue weighted by molar-refractivity contribution is 0.0869. The second kappa shape index (κ2) is 6.33. The van der Waals surface area contributed by atoms with E-state index in [4.69, 9.17) is 4.74 Å². The average molecular weight is 223 g/mol. The van der Waals surface area contributed by atoms with Crippen molar-refractivity contribution < 1.29 is 4.74 Å². The Morgan fingerprint density at radius 3 is 3.00 bits per heavy atom. The van der Waals surface area contributed by atoms with Crippen LogP contribution in [-0.4, -0.2) is 28.8 Å². The molecule has 1 aromatic heterocycles. The maximum absolute atomic E-state index is 5.45. The zero-order valence-electron chi connectivity index (χ0n) is 10.4. The van der Waals surface area contributed by atoms with Gasteiger partial charge >= 0.3 is 0 Å². The van der Waals surface area contributed by atoms with Crippen molar-refractivity contribution in [2.24, 2.45) is 0 Å². The first-order valence-electron chi connectivity index (χ1n) is 5.63. The number of nitrogens with zero attached hydrogens (tertiary/aromatic N) is 2. The summed E-state index contributed by atoms with van der Waals surface area (Å²) in [7, 11) is 0. The number of aromatic nitrogens is 2. The number of ether oxygens (including phenoxy) is 1. The molecule has 1 N–H and O–H groups in total. The summed E-state index contributed by atoms with van der Waals surface area (Å²) in [6.07, 6.45) is 4.14. The molecule has 0 aliphatic rings. The number of hydrogen-bond donors (Lipinski definition) is 1. The third kappa shape index (κ3) is 4.06. The second-order valence-corrected chi connectivity index (χ2v) is 3.99. The second-order valence-electron chi connectivity index (χ2n) is 3.99. The molecular formula is C12H21N3O. The first-order chi connectivity index (χ1) is 7.63. The van der Waals surface area contributed by atoms with Crippen molar-refractivity contribution in [3.8, 4) is 0 Å². The monoisotopic (exact) mass is 223 g/mol. The first kappa shape index (κ1) is 12.8. The number of hydrogen-bond acceptors (Lipinski definition) is 3. The molecule has 0 spiro atoms.